The van der Waals surface area contributed by atoms with Gasteiger partial charge in [0.25, 0.3) is 0 Å². The van der Waals surface area contributed by atoms with Crippen LogP contribution in [-0.4, -0.2) is 36.7 Å². The van der Waals surface area contributed by atoms with Gasteiger partial charge in [0.15, 0.2) is 0 Å². The van der Waals surface area contributed by atoms with Gasteiger partial charge in [-0.15, -0.1) is 0 Å². The van der Waals surface area contributed by atoms with Crippen molar-refractivity contribution in [1.29, 1.82) is 0 Å². The molecule has 1 atom stereocenters. The molecule has 0 unspecified atom stereocenters. The summed E-state index contributed by atoms with van der Waals surface area (Å²) in [4.78, 5) is 10.4. The molecule has 1 aromatic carbocycles. The van der Waals surface area contributed by atoms with Gasteiger partial charge in [0.2, 0.25) is 5.96 Å². The highest BCUT2D eigenvalue weighted by Crippen LogP contribution is 2.15. The van der Waals surface area contributed by atoms with Gasteiger partial charge in [0.05, 0.1) is 6.04 Å². The Morgan fingerprint density at radius 2 is 2.17 bits per heavy atom. The maximum atomic E-state index is 5.60. The normalized spacial score (nSPS) is 21.8. The molecular weight excluding hydrogens is 224 g/mol. The lowest BCUT2D eigenvalue weighted by Gasteiger charge is -2.30. The van der Waals surface area contributed by atoms with E-state index < -0.39 is 0 Å². The van der Waals surface area contributed by atoms with Crippen LogP contribution in [0.4, 0.5) is 0 Å². The van der Waals surface area contributed by atoms with Crippen LogP contribution in [0.15, 0.2) is 40.3 Å². The van der Waals surface area contributed by atoms with Gasteiger partial charge >= 0.3 is 0 Å². The van der Waals surface area contributed by atoms with Gasteiger partial charge in [0.1, 0.15) is 0 Å². The number of benzene rings is 1. The molecule has 0 bridgehead atoms. The molecule has 0 spiro atoms. The standard InChI is InChI=1S/C14H20N4/c1-16-14(15)17-13-8-5-9-18(11-13)10-12-6-3-2-4-7-12/h2-4,6-7,13H,1,5,8-11H2,(H2,15,17)/t13-/m0/s1. The maximum absolute atomic E-state index is 5.60. The molecule has 4 nitrogen and oxygen atoms in total. The van der Waals surface area contributed by atoms with Gasteiger partial charge in [-0.25, -0.2) is 9.98 Å². The van der Waals surface area contributed by atoms with Crippen LogP contribution in [0.25, 0.3) is 0 Å². The second-order valence-electron chi connectivity index (χ2n) is 4.66. The monoisotopic (exact) mass is 244 g/mol. The predicted octanol–water partition coefficient (Wildman–Crippen LogP) is 1.67. The first kappa shape index (κ1) is 12.8. The van der Waals surface area contributed by atoms with E-state index in [9.17, 15) is 0 Å². The Balaban J connectivity index is 1.93. The Bertz CT molecular complexity index is 413. The Kier molecular flexibility index (Phi) is 4.47. The number of likely N-dealkylation sites (tertiary alicyclic amines) is 1. The average Bonchev–Trinajstić information content (AvgIpc) is 2.40. The quantitative estimate of drug-likeness (QED) is 0.649. The molecule has 1 aromatic rings. The molecule has 96 valence electrons. The van der Waals surface area contributed by atoms with Gasteiger partial charge in [0, 0.05) is 13.1 Å². The van der Waals surface area contributed by atoms with Gasteiger partial charge < -0.3 is 5.73 Å². The van der Waals surface area contributed by atoms with E-state index in [0.717, 1.165) is 32.5 Å². The van der Waals surface area contributed by atoms with Crippen molar-refractivity contribution in [1.82, 2.24) is 4.90 Å². The first-order valence-corrected chi connectivity index (χ1v) is 6.34. The average molecular weight is 244 g/mol. The van der Waals surface area contributed by atoms with Crippen LogP contribution in [-0.2, 0) is 6.54 Å². The fourth-order valence-electron chi connectivity index (χ4n) is 2.35. The SMILES string of the molecule is C=NC(N)=N[C@H]1CCCN(Cc2ccccc2)C1. The summed E-state index contributed by atoms with van der Waals surface area (Å²) in [6.07, 6.45) is 2.24. The largest absolute Gasteiger partial charge is 0.368 e. The second-order valence-corrected chi connectivity index (χ2v) is 4.66. The summed E-state index contributed by atoms with van der Waals surface area (Å²) in [6.45, 7) is 6.45. The maximum Gasteiger partial charge on any atom is 0.214 e. The minimum absolute atomic E-state index is 0.257. The molecule has 1 saturated heterocycles. The summed E-state index contributed by atoms with van der Waals surface area (Å²) >= 11 is 0. The third-order valence-electron chi connectivity index (χ3n) is 3.21. The van der Waals surface area contributed by atoms with Gasteiger partial charge in [-0.3, -0.25) is 4.90 Å². The van der Waals surface area contributed by atoms with Crippen LogP contribution < -0.4 is 5.73 Å². The molecule has 18 heavy (non-hydrogen) atoms. The molecular formula is C14H20N4. The number of nitrogens with zero attached hydrogens (tertiary/aromatic N) is 3. The van der Waals surface area contributed by atoms with Crippen LogP contribution in [0.3, 0.4) is 0 Å². The fourth-order valence-corrected chi connectivity index (χ4v) is 2.35. The van der Waals surface area contributed by atoms with E-state index in [1.54, 1.807) is 0 Å². The van der Waals surface area contributed by atoms with Crippen LogP contribution in [0.5, 0.6) is 0 Å². The Morgan fingerprint density at radius 3 is 2.89 bits per heavy atom. The first-order chi connectivity index (χ1) is 8.78. The molecule has 4 heteroatoms. The number of guanidine groups is 1. The summed E-state index contributed by atoms with van der Waals surface area (Å²) < 4.78 is 0. The van der Waals surface area contributed by atoms with Crippen molar-refractivity contribution >= 4 is 12.7 Å². The fraction of sp³-hybridized carbons (Fsp3) is 0.429. The zero-order valence-corrected chi connectivity index (χ0v) is 10.6. The highest BCUT2D eigenvalue weighted by atomic mass is 15.2. The van der Waals surface area contributed by atoms with E-state index in [4.69, 9.17) is 5.73 Å². The highest BCUT2D eigenvalue weighted by molar-refractivity contribution is 5.82. The predicted molar refractivity (Wildman–Crippen MR) is 75.9 cm³/mol. The Labute approximate surface area is 108 Å². The molecule has 0 amide bonds. The Hall–Kier alpha value is -1.68. The summed E-state index contributed by atoms with van der Waals surface area (Å²) in [7, 11) is 0. The van der Waals surface area contributed by atoms with E-state index in [2.05, 4.69) is 45.9 Å². The molecule has 0 radical (unpaired) electrons. The van der Waals surface area contributed by atoms with Gasteiger partial charge in [-0.2, -0.15) is 0 Å². The van der Waals surface area contributed by atoms with Crippen molar-refractivity contribution in [3.8, 4) is 0 Å². The number of hydrogen-bond acceptors (Lipinski definition) is 2. The van der Waals surface area contributed by atoms with Crippen molar-refractivity contribution in [3.05, 3.63) is 35.9 Å². The minimum atomic E-state index is 0.257. The molecule has 0 aromatic heterocycles. The Morgan fingerprint density at radius 1 is 1.39 bits per heavy atom. The number of nitrogens with two attached hydrogens (primary N) is 1. The number of hydrogen-bond donors (Lipinski definition) is 1. The lowest BCUT2D eigenvalue weighted by molar-refractivity contribution is 0.202. The van der Waals surface area contributed by atoms with E-state index in [1.807, 2.05) is 6.07 Å². The van der Waals surface area contributed by atoms with Crippen molar-refractivity contribution in [2.45, 2.75) is 25.4 Å². The summed E-state index contributed by atoms with van der Waals surface area (Å²) in [5.41, 5.74) is 6.95. The van der Waals surface area contributed by atoms with Crippen molar-refractivity contribution in [2.24, 2.45) is 15.7 Å². The molecule has 1 fully saturated rings. The highest BCUT2D eigenvalue weighted by Gasteiger charge is 2.19. The van der Waals surface area contributed by atoms with Crippen molar-refractivity contribution in [2.75, 3.05) is 13.1 Å². The van der Waals surface area contributed by atoms with Crippen LogP contribution in [0.2, 0.25) is 0 Å². The molecule has 2 N–H and O–H groups in total. The molecule has 1 aliphatic heterocycles. The number of piperidine rings is 1. The molecule has 0 aliphatic carbocycles. The van der Waals surface area contributed by atoms with Gasteiger partial charge in [-0.05, 0) is 31.7 Å². The summed E-state index contributed by atoms with van der Waals surface area (Å²) in [5.74, 6) is 0.307. The molecule has 1 heterocycles. The van der Waals surface area contributed by atoms with Crippen molar-refractivity contribution < 1.29 is 0 Å². The molecule has 0 saturated carbocycles. The molecule has 1 aliphatic rings. The van der Waals surface area contributed by atoms with Crippen LogP contribution >= 0.6 is 0 Å². The van der Waals surface area contributed by atoms with E-state index in [0.29, 0.717) is 5.96 Å². The van der Waals surface area contributed by atoms with E-state index in [-0.39, 0.29) is 6.04 Å². The van der Waals surface area contributed by atoms with Gasteiger partial charge in [-0.1, -0.05) is 30.3 Å². The second kappa shape index (κ2) is 6.31. The first-order valence-electron chi connectivity index (χ1n) is 6.34. The zero-order chi connectivity index (χ0) is 12.8. The number of rotatable bonds is 3. The summed E-state index contributed by atoms with van der Waals surface area (Å²) in [5, 5.41) is 0. The van der Waals surface area contributed by atoms with E-state index >= 15 is 0 Å². The van der Waals surface area contributed by atoms with Crippen LogP contribution in [0.1, 0.15) is 18.4 Å². The third kappa shape index (κ3) is 3.67. The van der Waals surface area contributed by atoms with Crippen LogP contribution in [0, 0.1) is 0 Å². The number of aliphatic imine (C=N–C) groups is 2. The lowest BCUT2D eigenvalue weighted by Crippen LogP contribution is -2.37. The lowest BCUT2D eigenvalue weighted by atomic mass is 10.1. The van der Waals surface area contributed by atoms with E-state index in [1.165, 1.54) is 5.56 Å². The third-order valence-corrected chi connectivity index (χ3v) is 3.21. The zero-order valence-electron chi connectivity index (χ0n) is 10.6. The smallest absolute Gasteiger partial charge is 0.214 e. The van der Waals surface area contributed by atoms with Crippen molar-refractivity contribution in [3.63, 3.8) is 0 Å². The minimum Gasteiger partial charge on any atom is -0.368 e. The summed E-state index contributed by atoms with van der Waals surface area (Å²) in [6, 6.07) is 10.8. The molecule has 2 rings (SSSR count). The topological polar surface area (TPSA) is 54.0 Å².